The van der Waals surface area contributed by atoms with E-state index in [-0.39, 0.29) is 5.56 Å². The molecule has 0 fully saturated rings. The molecule has 0 radical (unpaired) electrons. The Bertz CT molecular complexity index is 1180. The standard InChI is InChI=1S/C20H20N4O3S2/c1-12(2)10-24-19(25)17-15(8-9-28-17)21-20(24)29-11-16-22-18(23-27-16)13-4-6-14(26-3)7-5-13/h4-9,12H,10-11H2,1-3H3. The van der Waals surface area contributed by atoms with Gasteiger partial charge in [-0.1, -0.05) is 30.8 Å². The minimum atomic E-state index is 0.00523. The van der Waals surface area contributed by atoms with Gasteiger partial charge in [0.25, 0.3) is 5.56 Å². The fraction of sp³-hybridized carbons (Fsp3) is 0.300. The number of aromatic nitrogens is 4. The Morgan fingerprint density at radius 2 is 2.00 bits per heavy atom. The van der Waals surface area contributed by atoms with E-state index in [1.807, 2.05) is 35.7 Å². The molecule has 0 aliphatic carbocycles. The maximum absolute atomic E-state index is 12.9. The van der Waals surface area contributed by atoms with Crippen molar-refractivity contribution in [3.8, 4) is 17.1 Å². The summed E-state index contributed by atoms with van der Waals surface area (Å²) in [7, 11) is 1.62. The molecule has 150 valence electrons. The lowest BCUT2D eigenvalue weighted by atomic mass is 10.2. The van der Waals surface area contributed by atoms with Crippen LogP contribution in [-0.4, -0.2) is 26.8 Å². The van der Waals surface area contributed by atoms with Gasteiger partial charge in [-0.25, -0.2) is 4.98 Å². The number of thioether (sulfide) groups is 1. The average molecular weight is 429 g/mol. The molecule has 29 heavy (non-hydrogen) atoms. The molecule has 0 aliphatic heterocycles. The summed E-state index contributed by atoms with van der Waals surface area (Å²) in [6, 6.07) is 9.34. The molecule has 0 bridgehead atoms. The fourth-order valence-electron chi connectivity index (χ4n) is 2.86. The molecular weight excluding hydrogens is 408 g/mol. The molecule has 9 heteroatoms. The number of hydrogen-bond donors (Lipinski definition) is 0. The zero-order valence-electron chi connectivity index (χ0n) is 16.3. The molecule has 0 spiro atoms. The van der Waals surface area contributed by atoms with Crippen LogP contribution in [0.4, 0.5) is 0 Å². The number of rotatable bonds is 7. The first-order valence-electron chi connectivity index (χ1n) is 9.13. The Hall–Kier alpha value is -2.65. The van der Waals surface area contributed by atoms with Crippen molar-refractivity contribution in [3.63, 3.8) is 0 Å². The van der Waals surface area contributed by atoms with Crippen molar-refractivity contribution < 1.29 is 9.26 Å². The van der Waals surface area contributed by atoms with Gasteiger partial charge in [0.05, 0.1) is 18.4 Å². The molecule has 0 atom stereocenters. The van der Waals surface area contributed by atoms with Gasteiger partial charge in [0.15, 0.2) is 5.16 Å². The molecule has 0 unspecified atom stereocenters. The number of hydrogen-bond acceptors (Lipinski definition) is 8. The highest BCUT2D eigenvalue weighted by atomic mass is 32.2. The molecule has 0 amide bonds. The van der Waals surface area contributed by atoms with Gasteiger partial charge in [0.2, 0.25) is 11.7 Å². The maximum Gasteiger partial charge on any atom is 0.272 e. The van der Waals surface area contributed by atoms with E-state index in [1.165, 1.54) is 23.1 Å². The second kappa shape index (κ2) is 8.38. The smallest absolute Gasteiger partial charge is 0.272 e. The van der Waals surface area contributed by atoms with E-state index in [0.717, 1.165) is 16.8 Å². The normalized spacial score (nSPS) is 11.4. The minimum absolute atomic E-state index is 0.00523. The van der Waals surface area contributed by atoms with Crippen LogP contribution in [0.5, 0.6) is 5.75 Å². The monoisotopic (exact) mass is 428 g/mol. The molecule has 4 rings (SSSR count). The highest BCUT2D eigenvalue weighted by Crippen LogP contribution is 2.26. The highest BCUT2D eigenvalue weighted by Gasteiger charge is 2.16. The van der Waals surface area contributed by atoms with Crippen molar-refractivity contribution in [1.82, 2.24) is 19.7 Å². The number of methoxy groups -OCH3 is 1. The summed E-state index contributed by atoms with van der Waals surface area (Å²) in [6.45, 7) is 4.78. The van der Waals surface area contributed by atoms with Gasteiger partial charge in [-0.3, -0.25) is 9.36 Å². The summed E-state index contributed by atoms with van der Waals surface area (Å²) >= 11 is 2.86. The predicted molar refractivity (Wildman–Crippen MR) is 115 cm³/mol. The fourth-order valence-corrected chi connectivity index (χ4v) is 4.48. The van der Waals surface area contributed by atoms with Crippen molar-refractivity contribution in [3.05, 3.63) is 52.0 Å². The summed E-state index contributed by atoms with van der Waals surface area (Å²) in [6.07, 6.45) is 0. The Morgan fingerprint density at radius 3 is 2.72 bits per heavy atom. The first-order valence-corrected chi connectivity index (χ1v) is 11.0. The number of ether oxygens (including phenoxy) is 1. The average Bonchev–Trinajstić information content (AvgIpc) is 3.38. The van der Waals surface area contributed by atoms with Crippen molar-refractivity contribution in [2.24, 2.45) is 5.92 Å². The Morgan fingerprint density at radius 1 is 1.21 bits per heavy atom. The third-order valence-electron chi connectivity index (χ3n) is 4.22. The van der Waals surface area contributed by atoms with E-state index in [9.17, 15) is 4.79 Å². The van der Waals surface area contributed by atoms with Crippen LogP contribution in [0.2, 0.25) is 0 Å². The summed E-state index contributed by atoms with van der Waals surface area (Å²) in [5.74, 6) is 2.53. The number of fused-ring (bicyclic) bond motifs is 1. The SMILES string of the molecule is COc1ccc(-c2noc(CSc3nc4ccsc4c(=O)n3CC(C)C)n2)cc1. The summed E-state index contributed by atoms with van der Waals surface area (Å²) in [4.78, 5) is 22.0. The van der Waals surface area contributed by atoms with Gasteiger partial charge >= 0.3 is 0 Å². The number of benzene rings is 1. The van der Waals surface area contributed by atoms with Gasteiger partial charge < -0.3 is 9.26 Å². The van der Waals surface area contributed by atoms with Crippen LogP contribution >= 0.6 is 23.1 Å². The van der Waals surface area contributed by atoms with Gasteiger partial charge in [-0.05, 0) is 41.6 Å². The van der Waals surface area contributed by atoms with Crippen LogP contribution in [0.1, 0.15) is 19.7 Å². The quantitative estimate of drug-likeness (QED) is 0.317. The van der Waals surface area contributed by atoms with Crippen LogP contribution < -0.4 is 10.3 Å². The topological polar surface area (TPSA) is 83.0 Å². The van der Waals surface area contributed by atoms with Gasteiger partial charge in [0, 0.05) is 12.1 Å². The predicted octanol–water partition coefficient (Wildman–Crippen LogP) is 4.46. The molecule has 0 N–H and O–H groups in total. The van der Waals surface area contributed by atoms with Gasteiger partial charge in [-0.2, -0.15) is 4.98 Å². The first kappa shape index (κ1) is 19.7. The lowest BCUT2D eigenvalue weighted by molar-refractivity contribution is 0.391. The van der Waals surface area contributed by atoms with E-state index in [4.69, 9.17) is 9.26 Å². The summed E-state index contributed by atoms with van der Waals surface area (Å²) in [5.41, 5.74) is 1.58. The van der Waals surface area contributed by atoms with Crippen molar-refractivity contribution in [2.45, 2.75) is 31.3 Å². The van der Waals surface area contributed by atoms with E-state index in [0.29, 0.717) is 39.8 Å². The van der Waals surface area contributed by atoms with Gasteiger partial charge in [0.1, 0.15) is 10.4 Å². The van der Waals surface area contributed by atoms with Crippen LogP contribution in [0, 0.1) is 5.92 Å². The van der Waals surface area contributed by atoms with Crippen LogP contribution in [0.25, 0.3) is 21.6 Å². The zero-order valence-corrected chi connectivity index (χ0v) is 17.9. The molecule has 7 nitrogen and oxygen atoms in total. The molecule has 3 aromatic heterocycles. The summed E-state index contributed by atoms with van der Waals surface area (Å²) in [5, 5.41) is 6.62. The molecule has 1 aromatic carbocycles. The zero-order chi connectivity index (χ0) is 20.4. The number of nitrogens with zero attached hydrogens (tertiary/aromatic N) is 4. The van der Waals surface area contributed by atoms with E-state index in [1.54, 1.807) is 11.7 Å². The molecule has 3 heterocycles. The Kier molecular flexibility index (Phi) is 5.68. The molecule has 0 saturated carbocycles. The third-order valence-corrected chi connectivity index (χ3v) is 6.07. The summed E-state index contributed by atoms with van der Waals surface area (Å²) < 4.78 is 13.0. The lowest BCUT2D eigenvalue weighted by Gasteiger charge is -2.13. The molecule has 0 aliphatic rings. The second-order valence-corrected chi connectivity index (χ2v) is 8.73. The van der Waals surface area contributed by atoms with Crippen LogP contribution in [0.15, 0.2) is 50.2 Å². The minimum Gasteiger partial charge on any atom is -0.497 e. The van der Waals surface area contributed by atoms with Crippen molar-refractivity contribution >= 4 is 33.3 Å². The molecule has 0 saturated heterocycles. The second-order valence-electron chi connectivity index (χ2n) is 6.87. The van der Waals surface area contributed by atoms with Gasteiger partial charge in [-0.15, -0.1) is 11.3 Å². The molecular formula is C20H20N4O3S2. The highest BCUT2D eigenvalue weighted by molar-refractivity contribution is 7.98. The van der Waals surface area contributed by atoms with E-state index < -0.39 is 0 Å². The van der Waals surface area contributed by atoms with E-state index in [2.05, 4.69) is 29.0 Å². The van der Waals surface area contributed by atoms with E-state index >= 15 is 0 Å². The maximum atomic E-state index is 12.9. The van der Waals surface area contributed by atoms with Crippen LogP contribution in [-0.2, 0) is 12.3 Å². The van der Waals surface area contributed by atoms with Crippen LogP contribution in [0.3, 0.4) is 0 Å². The Labute approximate surface area is 175 Å². The lowest BCUT2D eigenvalue weighted by Crippen LogP contribution is -2.24. The molecule has 4 aromatic rings. The first-order chi connectivity index (χ1) is 14.0. The largest absolute Gasteiger partial charge is 0.497 e. The van der Waals surface area contributed by atoms with Crippen molar-refractivity contribution in [1.29, 1.82) is 0 Å². The van der Waals surface area contributed by atoms with Crippen molar-refractivity contribution in [2.75, 3.05) is 7.11 Å². The number of thiophene rings is 1. The third kappa shape index (κ3) is 4.20. The Balaban J connectivity index is 1.56.